The summed E-state index contributed by atoms with van der Waals surface area (Å²) in [6, 6.07) is 0.562. The van der Waals surface area contributed by atoms with E-state index in [0.717, 1.165) is 17.8 Å². The molecule has 2 heteroatoms. The Labute approximate surface area is 110 Å². The zero-order valence-corrected chi connectivity index (χ0v) is 12.3. The predicted molar refractivity (Wildman–Crippen MR) is 76.5 cm³/mol. The van der Waals surface area contributed by atoms with Crippen LogP contribution in [0.5, 0.6) is 0 Å². The van der Waals surface area contributed by atoms with Crippen molar-refractivity contribution in [1.82, 2.24) is 5.32 Å². The first-order chi connectivity index (χ1) is 8.11. The Morgan fingerprint density at radius 1 is 1.18 bits per heavy atom. The number of hydrogen-bond acceptors (Lipinski definition) is 2. The predicted octanol–water partition coefficient (Wildman–Crippen LogP) is 4.39. The van der Waals surface area contributed by atoms with Gasteiger partial charge in [0.15, 0.2) is 0 Å². The summed E-state index contributed by atoms with van der Waals surface area (Å²) < 4.78 is 0. The van der Waals surface area contributed by atoms with Gasteiger partial charge in [-0.1, -0.05) is 13.8 Å². The summed E-state index contributed by atoms with van der Waals surface area (Å²) in [6.07, 6.45) is 4.17. The largest absolute Gasteiger partial charge is 0.313 e. The van der Waals surface area contributed by atoms with Gasteiger partial charge in [0.1, 0.15) is 0 Å². The minimum absolute atomic E-state index is 0.562. The molecule has 1 aromatic rings. The fraction of sp³-hybridized carbons (Fsp3) is 0.733. The molecule has 1 nitrogen and oxygen atoms in total. The van der Waals surface area contributed by atoms with Crippen LogP contribution < -0.4 is 5.32 Å². The minimum atomic E-state index is 0.562. The van der Waals surface area contributed by atoms with E-state index in [9.17, 15) is 0 Å². The first-order valence-electron chi connectivity index (χ1n) is 6.81. The second kappa shape index (κ2) is 5.53. The molecule has 3 atom stereocenters. The normalized spacial score (nSPS) is 31.4. The van der Waals surface area contributed by atoms with Crippen molar-refractivity contribution in [3.63, 3.8) is 0 Å². The van der Waals surface area contributed by atoms with Crippen LogP contribution in [0, 0.1) is 24.7 Å². The van der Waals surface area contributed by atoms with E-state index in [1.807, 2.05) is 11.3 Å². The molecule has 0 aromatic carbocycles. The summed E-state index contributed by atoms with van der Waals surface area (Å²) in [5.41, 5.74) is 2.99. The molecule has 3 unspecified atom stereocenters. The fourth-order valence-electron chi connectivity index (χ4n) is 3.62. The first kappa shape index (κ1) is 13.1. The van der Waals surface area contributed by atoms with Crippen molar-refractivity contribution in [2.24, 2.45) is 17.8 Å². The lowest BCUT2D eigenvalue weighted by Gasteiger charge is -2.36. The van der Waals surface area contributed by atoms with Crippen LogP contribution in [0.15, 0.2) is 10.8 Å². The number of rotatable bonds is 3. The molecule has 17 heavy (non-hydrogen) atoms. The van der Waals surface area contributed by atoms with Crippen LogP contribution in [0.4, 0.5) is 0 Å². The highest BCUT2D eigenvalue weighted by Gasteiger charge is 2.30. The number of aryl methyl sites for hydroxylation is 1. The van der Waals surface area contributed by atoms with Crippen LogP contribution in [0.25, 0.3) is 0 Å². The molecule has 0 bridgehead atoms. The molecule has 0 spiro atoms. The molecule has 0 saturated heterocycles. The monoisotopic (exact) mass is 251 g/mol. The van der Waals surface area contributed by atoms with E-state index < -0.39 is 0 Å². The molecule has 0 aliphatic heterocycles. The van der Waals surface area contributed by atoms with Crippen LogP contribution in [0.3, 0.4) is 0 Å². The molecular weight excluding hydrogens is 226 g/mol. The lowest BCUT2D eigenvalue weighted by molar-refractivity contribution is 0.180. The SMILES string of the molecule is CNC(c1cscc1C)C1CC(C)CC(C)C1. The van der Waals surface area contributed by atoms with Crippen molar-refractivity contribution in [1.29, 1.82) is 0 Å². The molecule has 2 rings (SSSR count). The van der Waals surface area contributed by atoms with Crippen LogP contribution in [-0.2, 0) is 0 Å². The van der Waals surface area contributed by atoms with Gasteiger partial charge in [-0.25, -0.2) is 0 Å². The zero-order valence-electron chi connectivity index (χ0n) is 11.5. The van der Waals surface area contributed by atoms with E-state index in [0.29, 0.717) is 6.04 Å². The summed E-state index contributed by atoms with van der Waals surface area (Å²) in [4.78, 5) is 0. The van der Waals surface area contributed by atoms with Crippen molar-refractivity contribution >= 4 is 11.3 Å². The van der Waals surface area contributed by atoms with Gasteiger partial charge >= 0.3 is 0 Å². The summed E-state index contributed by atoms with van der Waals surface area (Å²) in [5.74, 6) is 2.59. The van der Waals surface area contributed by atoms with Gasteiger partial charge in [-0.15, -0.1) is 0 Å². The van der Waals surface area contributed by atoms with E-state index in [1.54, 1.807) is 0 Å². The molecule has 1 aliphatic rings. The third kappa shape index (κ3) is 2.92. The van der Waals surface area contributed by atoms with E-state index >= 15 is 0 Å². The van der Waals surface area contributed by atoms with Crippen molar-refractivity contribution in [2.45, 2.75) is 46.1 Å². The molecule has 1 aromatic heterocycles. The summed E-state index contributed by atoms with van der Waals surface area (Å²) in [5, 5.41) is 8.17. The molecule has 0 radical (unpaired) electrons. The third-order valence-corrected chi connectivity index (χ3v) is 5.11. The zero-order chi connectivity index (χ0) is 12.4. The number of hydrogen-bond donors (Lipinski definition) is 1. The Bertz CT molecular complexity index is 348. The number of nitrogens with one attached hydrogen (secondary N) is 1. The van der Waals surface area contributed by atoms with Gasteiger partial charge < -0.3 is 5.32 Å². The van der Waals surface area contributed by atoms with E-state index in [1.165, 1.54) is 30.4 Å². The standard InChI is InChI=1S/C15H25NS/c1-10-5-11(2)7-13(6-10)15(16-4)14-9-17-8-12(14)3/h8-11,13,15-16H,5-7H2,1-4H3. The van der Waals surface area contributed by atoms with Gasteiger partial charge in [0, 0.05) is 6.04 Å². The highest BCUT2D eigenvalue weighted by molar-refractivity contribution is 7.08. The third-order valence-electron chi connectivity index (χ3n) is 4.23. The maximum Gasteiger partial charge on any atom is 0.0357 e. The summed E-state index contributed by atoms with van der Waals surface area (Å²) in [6.45, 7) is 7.07. The first-order valence-corrected chi connectivity index (χ1v) is 7.76. The summed E-state index contributed by atoms with van der Waals surface area (Å²) in [7, 11) is 2.12. The van der Waals surface area contributed by atoms with Crippen molar-refractivity contribution in [2.75, 3.05) is 7.05 Å². The van der Waals surface area contributed by atoms with Crippen molar-refractivity contribution < 1.29 is 0 Å². The molecule has 1 heterocycles. The van der Waals surface area contributed by atoms with Gasteiger partial charge in [0.25, 0.3) is 0 Å². The highest BCUT2D eigenvalue weighted by Crippen LogP contribution is 2.40. The molecule has 1 N–H and O–H groups in total. The maximum absolute atomic E-state index is 3.56. The molecule has 1 fully saturated rings. The topological polar surface area (TPSA) is 12.0 Å². The molecule has 96 valence electrons. The van der Waals surface area contributed by atoms with Crippen LogP contribution in [0.1, 0.15) is 50.3 Å². The van der Waals surface area contributed by atoms with E-state index in [-0.39, 0.29) is 0 Å². The Hall–Kier alpha value is -0.340. The van der Waals surface area contributed by atoms with Gasteiger partial charge in [-0.2, -0.15) is 11.3 Å². The molecule has 0 amide bonds. The highest BCUT2D eigenvalue weighted by atomic mass is 32.1. The second-order valence-electron chi connectivity index (χ2n) is 5.95. The van der Waals surface area contributed by atoms with E-state index in [4.69, 9.17) is 0 Å². The van der Waals surface area contributed by atoms with Crippen molar-refractivity contribution in [3.8, 4) is 0 Å². The number of thiophene rings is 1. The quantitative estimate of drug-likeness (QED) is 0.840. The average molecular weight is 251 g/mol. The smallest absolute Gasteiger partial charge is 0.0357 e. The van der Waals surface area contributed by atoms with Gasteiger partial charge in [0.2, 0.25) is 0 Å². The van der Waals surface area contributed by atoms with Gasteiger partial charge in [-0.05, 0) is 72.9 Å². The Balaban J connectivity index is 2.15. The second-order valence-corrected chi connectivity index (χ2v) is 6.70. The lowest BCUT2D eigenvalue weighted by atomic mass is 9.72. The molecule has 1 saturated carbocycles. The van der Waals surface area contributed by atoms with Crippen LogP contribution in [-0.4, -0.2) is 7.05 Å². The average Bonchev–Trinajstić information content (AvgIpc) is 2.65. The summed E-state index contributed by atoms with van der Waals surface area (Å²) >= 11 is 1.84. The lowest BCUT2D eigenvalue weighted by Crippen LogP contribution is -2.31. The maximum atomic E-state index is 3.56. The Morgan fingerprint density at radius 3 is 2.29 bits per heavy atom. The molecular formula is C15H25NS. The Kier molecular flexibility index (Phi) is 4.26. The van der Waals surface area contributed by atoms with Crippen LogP contribution in [0.2, 0.25) is 0 Å². The van der Waals surface area contributed by atoms with E-state index in [2.05, 4.69) is 43.9 Å². The fourth-order valence-corrected chi connectivity index (χ4v) is 4.50. The van der Waals surface area contributed by atoms with Crippen molar-refractivity contribution in [3.05, 3.63) is 21.9 Å². The van der Waals surface area contributed by atoms with Gasteiger partial charge in [0.05, 0.1) is 0 Å². The van der Waals surface area contributed by atoms with Crippen LogP contribution >= 0.6 is 11.3 Å². The minimum Gasteiger partial charge on any atom is -0.313 e. The van der Waals surface area contributed by atoms with Gasteiger partial charge in [-0.3, -0.25) is 0 Å². The Morgan fingerprint density at radius 2 is 1.82 bits per heavy atom. The molecule has 1 aliphatic carbocycles.